The molecular formula is C38H22N4. The van der Waals surface area contributed by atoms with Crippen molar-refractivity contribution in [1.29, 1.82) is 10.5 Å². The number of benzene rings is 6. The van der Waals surface area contributed by atoms with E-state index in [0.717, 1.165) is 49.7 Å². The monoisotopic (exact) mass is 534 g/mol. The van der Waals surface area contributed by atoms with Crippen LogP contribution >= 0.6 is 0 Å². The minimum atomic E-state index is 0.503. The largest absolute Gasteiger partial charge is 0.309 e. The Morgan fingerprint density at radius 3 is 1.45 bits per heavy atom. The summed E-state index contributed by atoms with van der Waals surface area (Å²) in [4.78, 5) is 0. The van der Waals surface area contributed by atoms with Gasteiger partial charge in [-0.3, -0.25) is 0 Å². The van der Waals surface area contributed by atoms with Crippen LogP contribution in [0.1, 0.15) is 11.1 Å². The topological polar surface area (TPSA) is 57.4 Å². The minimum absolute atomic E-state index is 0.503. The molecule has 0 saturated carbocycles. The standard InChI is InChI=1S/C38H22N4/c39-23-25-20-32(33(24-40)38(21-25)42-36-18-7-3-14-30(36)31-15-4-8-19-37(31)42)26-10-9-11-27(22-26)41-34-16-5-1-12-28(34)29-13-2-6-17-35(29)41/h1-22H. The Labute approximate surface area is 242 Å². The molecule has 0 radical (unpaired) electrons. The van der Waals surface area contributed by atoms with Crippen molar-refractivity contribution in [3.63, 3.8) is 0 Å². The van der Waals surface area contributed by atoms with E-state index >= 15 is 0 Å². The lowest BCUT2D eigenvalue weighted by molar-refractivity contribution is 1.16. The van der Waals surface area contributed by atoms with Gasteiger partial charge in [-0.25, -0.2) is 0 Å². The average Bonchev–Trinajstić information content (AvgIpc) is 3.57. The zero-order valence-corrected chi connectivity index (χ0v) is 22.5. The highest BCUT2D eigenvalue weighted by atomic mass is 15.0. The Bertz CT molecular complexity index is 2340. The fourth-order valence-corrected chi connectivity index (χ4v) is 6.41. The summed E-state index contributed by atoms with van der Waals surface area (Å²) in [6.45, 7) is 0. The van der Waals surface area contributed by atoms with Gasteiger partial charge in [0.25, 0.3) is 0 Å². The maximum Gasteiger partial charge on any atom is 0.102 e. The third-order valence-corrected chi connectivity index (χ3v) is 8.17. The van der Waals surface area contributed by atoms with Crippen LogP contribution in [-0.4, -0.2) is 9.13 Å². The van der Waals surface area contributed by atoms with Crippen LogP contribution in [0.2, 0.25) is 0 Å². The molecule has 0 N–H and O–H groups in total. The van der Waals surface area contributed by atoms with Crippen LogP contribution in [0.5, 0.6) is 0 Å². The second-order valence-corrected chi connectivity index (χ2v) is 10.4. The highest BCUT2D eigenvalue weighted by Crippen LogP contribution is 2.38. The summed E-state index contributed by atoms with van der Waals surface area (Å²) in [6.07, 6.45) is 0. The molecule has 8 aromatic rings. The Morgan fingerprint density at radius 2 is 0.952 bits per heavy atom. The van der Waals surface area contributed by atoms with Crippen LogP contribution in [0.15, 0.2) is 133 Å². The van der Waals surface area contributed by atoms with Crippen molar-refractivity contribution >= 4 is 43.6 Å². The van der Waals surface area contributed by atoms with E-state index in [-0.39, 0.29) is 0 Å². The van der Waals surface area contributed by atoms with Gasteiger partial charge < -0.3 is 9.13 Å². The van der Waals surface area contributed by atoms with Crippen molar-refractivity contribution in [3.8, 4) is 34.6 Å². The van der Waals surface area contributed by atoms with Crippen molar-refractivity contribution in [2.75, 3.05) is 0 Å². The van der Waals surface area contributed by atoms with Gasteiger partial charge in [0.15, 0.2) is 0 Å². The fourth-order valence-electron chi connectivity index (χ4n) is 6.41. The summed E-state index contributed by atoms with van der Waals surface area (Å²) in [5, 5.41) is 25.4. The first kappa shape index (κ1) is 23.8. The molecule has 0 aliphatic heterocycles. The summed E-state index contributed by atoms with van der Waals surface area (Å²) in [5.41, 5.74) is 8.57. The van der Waals surface area contributed by atoms with E-state index in [2.05, 4.69) is 106 Å². The van der Waals surface area contributed by atoms with Gasteiger partial charge in [-0.1, -0.05) is 84.9 Å². The minimum Gasteiger partial charge on any atom is -0.309 e. The second-order valence-electron chi connectivity index (χ2n) is 10.4. The first-order chi connectivity index (χ1) is 20.8. The van der Waals surface area contributed by atoms with E-state index in [4.69, 9.17) is 0 Å². The lowest BCUT2D eigenvalue weighted by Crippen LogP contribution is -2.01. The lowest BCUT2D eigenvalue weighted by atomic mass is 9.95. The molecule has 6 aromatic carbocycles. The Kier molecular flexibility index (Phi) is 5.22. The van der Waals surface area contributed by atoms with Gasteiger partial charge in [0.05, 0.1) is 45.0 Å². The summed E-state index contributed by atoms with van der Waals surface area (Å²) < 4.78 is 4.38. The molecule has 0 atom stereocenters. The third kappa shape index (κ3) is 3.40. The van der Waals surface area contributed by atoms with Gasteiger partial charge in [-0.2, -0.15) is 10.5 Å². The summed E-state index contributed by atoms with van der Waals surface area (Å²) in [6, 6.07) is 50.0. The van der Waals surface area contributed by atoms with Gasteiger partial charge >= 0.3 is 0 Å². The molecule has 2 heterocycles. The van der Waals surface area contributed by atoms with Crippen molar-refractivity contribution in [1.82, 2.24) is 9.13 Å². The zero-order chi connectivity index (χ0) is 28.2. The average molecular weight is 535 g/mol. The molecule has 0 fully saturated rings. The Morgan fingerprint density at radius 1 is 0.452 bits per heavy atom. The molecule has 4 heteroatoms. The van der Waals surface area contributed by atoms with Gasteiger partial charge in [0, 0.05) is 32.8 Å². The van der Waals surface area contributed by atoms with Gasteiger partial charge in [0.1, 0.15) is 6.07 Å². The molecule has 2 aromatic heterocycles. The molecule has 0 saturated heterocycles. The van der Waals surface area contributed by atoms with Crippen LogP contribution in [0.3, 0.4) is 0 Å². The van der Waals surface area contributed by atoms with Crippen LogP contribution in [-0.2, 0) is 0 Å². The smallest absolute Gasteiger partial charge is 0.102 e. The second kappa shape index (κ2) is 9.24. The van der Waals surface area contributed by atoms with E-state index in [1.54, 1.807) is 0 Å². The number of hydrogen-bond donors (Lipinski definition) is 0. The molecule has 194 valence electrons. The summed E-state index contributed by atoms with van der Waals surface area (Å²) in [5.74, 6) is 0. The van der Waals surface area contributed by atoms with Gasteiger partial charge in [0.2, 0.25) is 0 Å². The molecular weight excluding hydrogens is 512 g/mol. The molecule has 4 nitrogen and oxygen atoms in total. The number of nitrogens with zero attached hydrogens (tertiary/aromatic N) is 4. The van der Waals surface area contributed by atoms with Crippen molar-refractivity contribution in [2.45, 2.75) is 0 Å². The molecule has 0 unspecified atom stereocenters. The number of rotatable bonds is 3. The zero-order valence-electron chi connectivity index (χ0n) is 22.5. The number of para-hydroxylation sites is 4. The van der Waals surface area contributed by atoms with E-state index in [0.29, 0.717) is 16.8 Å². The highest BCUT2D eigenvalue weighted by molar-refractivity contribution is 6.10. The quantitative estimate of drug-likeness (QED) is 0.227. The van der Waals surface area contributed by atoms with Crippen LogP contribution < -0.4 is 0 Å². The number of aromatic nitrogens is 2. The molecule has 8 rings (SSSR count). The maximum atomic E-state index is 10.7. The van der Waals surface area contributed by atoms with E-state index in [9.17, 15) is 10.5 Å². The summed E-state index contributed by atoms with van der Waals surface area (Å²) >= 11 is 0. The summed E-state index contributed by atoms with van der Waals surface area (Å²) in [7, 11) is 0. The first-order valence-electron chi connectivity index (χ1n) is 13.8. The van der Waals surface area contributed by atoms with Crippen LogP contribution in [0.25, 0.3) is 66.1 Å². The van der Waals surface area contributed by atoms with E-state index in [1.165, 1.54) is 10.8 Å². The Hall–Kier alpha value is -6.10. The number of hydrogen-bond acceptors (Lipinski definition) is 2. The predicted molar refractivity (Wildman–Crippen MR) is 170 cm³/mol. The SMILES string of the molecule is N#Cc1cc(-c2cccc(-n3c4ccccc4c4ccccc43)c2)c(C#N)c(-n2c3ccccc3c3ccccc32)c1. The molecule has 0 aliphatic rings. The highest BCUT2D eigenvalue weighted by Gasteiger charge is 2.20. The van der Waals surface area contributed by atoms with E-state index < -0.39 is 0 Å². The molecule has 0 bridgehead atoms. The maximum absolute atomic E-state index is 10.7. The molecule has 0 aliphatic carbocycles. The van der Waals surface area contributed by atoms with Gasteiger partial charge in [-0.15, -0.1) is 0 Å². The van der Waals surface area contributed by atoms with Crippen LogP contribution in [0.4, 0.5) is 0 Å². The first-order valence-corrected chi connectivity index (χ1v) is 13.8. The molecule has 0 spiro atoms. The third-order valence-electron chi connectivity index (χ3n) is 8.17. The molecule has 0 amide bonds. The fraction of sp³-hybridized carbons (Fsp3) is 0. The number of nitriles is 2. The normalized spacial score (nSPS) is 11.3. The lowest BCUT2D eigenvalue weighted by Gasteiger charge is -2.16. The Balaban J connectivity index is 1.41. The molecule has 42 heavy (non-hydrogen) atoms. The van der Waals surface area contributed by atoms with Crippen LogP contribution in [0, 0.1) is 22.7 Å². The van der Waals surface area contributed by atoms with Crippen molar-refractivity contribution in [2.24, 2.45) is 0 Å². The number of fused-ring (bicyclic) bond motifs is 6. The predicted octanol–water partition coefficient (Wildman–Crippen LogP) is 9.29. The van der Waals surface area contributed by atoms with E-state index in [1.807, 2.05) is 48.5 Å². The van der Waals surface area contributed by atoms with Crippen molar-refractivity contribution < 1.29 is 0 Å². The van der Waals surface area contributed by atoms with Gasteiger partial charge in [-0.05, 0) is 54.1 Å². The van der Waals surface area contributed by atoms with Crippen molar-refractivity contribution in [3.05, 3.63) is 145 Å².